The van der Waals surface area contributed by atoms with Crippen LogP contribution in [-0.4, -0.2) is 22.4 Å². The number of H-pyrrole nitrogens is 1. The molecule has 2 N–H and O–H groups in total. The van der Waals surface area contributed by atoms with E-state index in [2.05, 4.69) is 40.4 Å². The Labute approximate surface area is 142 Å². The van der Waals surface area contributed by atoms with Gasteiger partial charge in [0.15, 0.2) is 0 Å². The molecular weight excluding hydrogens is 298 g/mol. The third-order valence-corrected chi connectivity index (χ3v) is 4.14. The van der Waals surface area contributed by atoms with Crippen molar-refractivity contribution in [1.82, 2.24) is 15.3 Å². The van der Waals surface area contributed by atoms with Crippen LogP contribution in [0.4, 0.5) is 0 Å². The van der Waals surface area contributed by atoms with E-state index in [0.717, 1.165) is 42.7 Å². The molecule has 2 heterocycles. The van der Waals surface area contributed by atoms with E-state index in [-0.39, 0.29) is 5.91 Å². The van der Waals surface area contributed by atoms with Gasteiger partial charge in [-0.15, -0.1) is 0 Å². The second-order valence-electron chi connectivity index (χ2n) is 5.94. The van der Waals surface area contributed by atoms with Crippen molar-refractivity contribution >= 4 is 16.8 Å². The predicted octanol–water partition coefficient (Wildman–Crippen LogP) is 4.08. The van der Waals surface area contributed by atoms with Crippen LogP contribution in [0.5, 0.6) is 0 Å². The average Bonchev–Trinajstić information content (AvgIpc) is 2.99. The maximum Gasteiger partial charge on any atom is 0.220 e. The van der Waals surface area contributed by atoms with Gasteiger partial charge >= 0.3 is 0 Å². The Morgan fingerprint density at radius 2 is 2.00 bits per heavy atom. The highest BCUT2D eigenvalue weighted by Gasteiger charge is 2.14. The van der Waals surface area contributed by atoms with Gasteiger partial charge in [-0.25, -0.2) is 0 Å². The van der Waals surface area contributed by atoms with E-state index in [1.165, 1.54) is 10.9 Å². The molecule has 4 heteroatoms. The molecule has 0 fully saturated rings. The van der Waals surface area contributed by atoms with Crippen LogP contribution in [0.25, 0.3) is 22.3 Å². The molecule has 124 valence electrons. The molecule has 2 aromatic heterocycles. The van der Waals surface area contributed by atoms with Crippen molar-refractivity contribution in [3.8, 4) is 11.4 Å². The Balaban J connectivity index is 1.82. The minimum absolute atomic E-state index is 0.135. The molecule has 0 aliphatic rings. The van der Waals surface area contributed by atoms with Gasteiger partial charge in [-0.1, -0.05) is 31.2 Å². The zero-order valence-corrected chi connectivity index (χ0v) is 14.0. The van der Waals surface area contributed by atoms with Crippen LogP contribution in [0.15, 0.2) is 48.7 Å². The lowest BCUT2D eigenvalue weighted by Crippen LogP contribution is -2.23. The van der Waals surface area contributed by atoms with E-state index in [4.69, 9.17) is 0 Å². The highest BCUT2D eigenvalue weighted by atomic mass is 16.1. The lowest BCUT2D eigenvalue weighted by molar-refractivity contribution is -0.121. The van der Waals surface area contributed by atoms with Crippen LogP contribution in [0.3, 0.4) is 0 Å². The van der Waals surface area contributed by atoms with Gasteiger partial charge in [0.05, 0.1) is 11.4 Å². The Morgan fingerprint density at radius 1 is 1.17 bits per heavy atom. The van der Waals surface area contributed by atoms with Crippen LogP contribution in [0.2, 0.25) is 0 Å². The zero-order valence-electron chi connectivity index (χ0n) is 14.0. The minimum atomic E-state index is 0.135. The summed E-state index contributed by atoms with van der Waals surface area (Å²) in [7, 11) is 0. The number of nitrogens with one attached hydrogen (secondary N) is 2. The van der Waals surface area contributed by atoms with Gasteiger partial charge in [0.25, 0.3) is 0 Å². The molecule has 4 nitrogen and oxygen atoms in total. The van der Waals surface area contributed by atoms with E-state index in [0.29, 0.717) is 6.42 Å². The minimum Gasteiger partial charge on any atom is -0.356 e. The number of fused-ring (bicyclic) bond motifs is 1. The van der Waals surface area contributed by atoms with Crippen molar-refractivity contribution in [2.24, 2.45) is 0 Å². The quantitative estimate of drug-likeness (QED) is 0.689. The number of aromatic amines is 1. The number of pyridine rings is 1. The summed E-state index contributed by atoms with van der Waals surface area (Å²) in [5.41, 5.74) is 4.36. The first-order valence-corrected chi connectivity index (χ1v) is 8.57. The summed E-state index contributed by atoms with van der Waals surface area (Å²) in [5.74, 6) is 0.135. The fourth-order valence-electron chi connectivity index (χ4n) is 2.97. The first-order valence-electron chi connectivity index (χ1n) is 8.57. The van der Waals surface area contributed by atoms with Crippen LogP contribution in [0.1, 0.15) is 31.7 Å². The van der Waals surface area contributed by atoms with Crippen molar-refractivity contribution < 1.29 is 4.79 Å². The SMILES string of the molecule is CCCNC(=O)CCCc1c(-c2ccccn2)[nH]c2ccccc12. The fraction of sp³-hybridized carbons (Fsp3) is 0.300. The summed E-state index contributed by atoms with van der Waals surface area (Å²) in [4.78, 5) is 19.8. The fourth-order valence-corrected chi connectivity index (χ4v) is 2.97. The maximum absolute atomic E-state index is 11.8. The molecule has 1 aromatic carbocycles. The van der Waals surface area contributed by atoms with Crippen molar-refractivity contribution in [2.75, 3.05) is 6.54 Å². The van der Waals surface area contributed by atoms with E-state index >= 15 is 0 Å². The lowest BCUT2D eigenvalue weighted by atomic mass is 10.0. The van der Waals surface area contributed by atoms with Gasteiger partial charge in [-0.05, 0) is 43.0 Å². The van der Waals surface area contributed by atoms with Crippen LogP contribution >= 0.6 is 0 Å². The molecule has 0 bridgehead atoms. The second kappa shape index (κ2) is 7.77. The summed E-state index contributed by atoms with van der Waals surface area (Å²) in [6.07, 6.45) is 5.02. The van der Waals surface area contributed by atoms with E-state index in [1.54, 1.807) is 0 Å². The summed E-state index contributed by atoms with van der Waals surface area (Å²) in [5, 5.41) is 4.15. The summed E-state index contributed by atoms with van der Waals surface area (Å²) in [6, 6.07) is 14.2. The van der Waals surface area contributed by atoms with Gasteiger partial charge in [0, 0.05) is 30.1 Å². The molecule has 0 saturated heterocycles. The van der Waals surface area contributed by atoms with Gasteiger partial charge in [-0.2, -0.15) is 0 Å². The molecule has 3 aromatic rings. The molecule has 0 atom stereocenters. The Morgan fingerprint density at radius 3 is 2.79 bits per heavy atom. The van der Waals surface area contributed by atoms with Gasteiger partial charge < -0.3 is 10.3 Å². The lowest BCUT2D eigenvalue weighted by Gasteiger charge is -2.06. The second-order valence-corrected chi connectivity index (χ2v) is 5.94. The van der Waals surface area contributed by atoms with Gasteiger partial charge in [-0.3, -0.25) is 9.78 Å². The van der Waals surface area contributed by atoms with Crippen LogP contribution in [-0.2, 0) is 11.2 Å². The molecule has 24 heavy (non-hydrogen) atoms. The summed E-state index contributed by atoms with van der Waals surface area (Å²) in [6.45, 7) is 2.82. The topological polar surface area (TPSA) is 57.8 Å². The summed E-state index contributed by atoms with van der Waals surface area (Å²) >= 11 is 0. The third kappa shape index (κ3) is 3.65. The average molecular weight is 321 g/mol. The van der Waals surface area contributed by atoms with Crippen molar-refractivity contribution in [2.45, 2.75) is 32.6 Å². The molecule has 0 spiro atoms. The third-order valence-electron chi connectivity index (χ3n) is 4.14. The van der Waals surface area contributed by atoms with E-state index in [9.17, 15) is 4.79 Å². The number of benzene rings is 1. The number of carbonyl (C=O) groups excluding carboxylic acids is 1. The van der Waals surface area contributed by atoms with Crippen LogP contribution in [0, 0.1) is 0 Å². The highest BCUT2D eigenvalue weighted by Crippen LogP contribution is 2.30. The number of rotatable bonds is 7. The Kier molecular flexibility index (Phi) is 5.26. The predicted molar refractivity (Wildman–Crippen MR) is 97.8 cm³/mol. The molecular formula is C20H23N3O. The number of hydrogen-bond donors (Lipinski definition) is 2. The summed E-state index contributed by atoms with van der Waals surface area (Å²) < 4.78 is 0. The first kappa shape index (κ1) is 16.2. The molecule has 0 radical (unpaired) electrons. The van der Waals surface area contributed by atoms with Gasteiger partial charge in [0.1, 0.15) is 0 Å². The van der Waals surface area contributed by atoms with E-state index < -0.39 is 0 Å². The monoisotopic (exact) mass is 321 g/mol. The number of nitrogens with zero attached hydrogens (tertiary/aromatic N) is 1. The standard InChI is InChI=1S/C20H23N3O/c1-2-13-22-19(24)12-7-9-16-15-8-3-4-10-17(15)23-20(16)18-11-5-6-14-21-18/h3-6,8,10-11,14,23H,2,7,9,12-13H2,1H3,(H,22,24). The zero-order chi connectivity index (χ0) is 16.8. The first-order chi connectivity index (χ1) is 11.8. The normalized spacial score (nSPS) is 10.9. The molecule has 0 saturated carbocycles. The maximum atomic E-state index is 11.8. The van der Waals surface area contributed by atoms with Crippen LogP contribution < -0.4 is 5.32 Å². The number of amides is 1. The number of aryl methyl sites for hydroxylation is 1. The number of carbonyl (C=O) groups is 1. The number of hydrogen-bond acceptors (Lipinski definition) is 2. The number of aromatic nitrogens is 2. The Hall–Kier alpha value is -2.62. The smallest absolute Gasteiger partial charge is 0.220 e. The molecule has 0 unspecified atom stereocenters. The molecule has 1 amide bonds. The molecule has 0 aliphatic heterocycles. The largest absolute Gasteiger partial charge is 0.356 e. The Bertz CT molecular complexity index is 808. The van der Waals surface area contributed by atoms with Crippen molar-refractivity contribution in [3.05, 3.63) is 54.2 Å². The highest BCUT2D eigenvalue weighted by molar-refractivity contribution is 5.90. The van der Waals surface area contributed by atoms with Gasteiger partial charge in [0.2, 0.25) is 5.91 Å². The molecule has 0 aliphatic carbocycles. The van der Waals surface area contributed by atoms with Crippen molar-refractivity contribution in [1.29, 1.82) is 0 Å². The van der Waals surface area contributed by atoms with Crippen molar-refractivity contribution in [3.63, 3.8) is 0 Å². The number of para-hydroxylation sites is 1. The van der Waals surface area contributed by atoms with E-state index in [1.807, 2.05) is 30.5 Å². The molecule has 3 rings (SSSR count).